The summed E-state index contributed by atoms with van der Waals surface area (Å²) in [7, 11) is 0. The van der Waals surface area contributed by atoms with Crippen LogP contribution in [0.1, 0.15) is 18.1 Å². The number of hydrogen-bond donors (Lipinski definition) is 1. The van der Waals surface area contributed by atoms with Crippen molar-refractivity contribution in [2.45, 2.75) is 30.4 Å². The number of carbonyl (C=O) groups excluding carboxylic acids is 1. The molecule has 0 fully saturated rings. The zero-order valence-electron chi connectivity index (χ0n) is 12.8. The number of fused-ring (bicyclic) bond motifs is 1. The summed E-state index contributed by atoms with van der Waals surface area (Å²) in [6.45, 7) is 4.67. The Balaban J connectivity index is 1.63. The van der Waals surface area contributed by atoms with Gasteiger partial charge in [-0.25, -0.2) is 0 Å². The Hall–Kier alpha value is -1.94. The minimum absolute atomic E-state index is 0.0524. The Morgan fingerprint density at radius 1 is 1.27 bits per heavy atom. The van der Waals surface area contributed by atoms with Crippen molar-refractivity contribution in [3.8, 4) is 5.75 Å². The summed E-state index contributed by atoms with van der Waals surface area (Å²) in [6.07, 6.45) is 0.795. The van der Waals surface area contributed by atoms with Crippen molar-refractivity contribution in [1.82, 2.24) is 0 Å². The van der Waals surface area contributed by atoms with Crippen LogP contribution in [0.5, 0.6) is 5.75 Å². The molecule has 0 bridgehead atoms. The lowest BCUT2D eigenvalue weighted by Gasteiger charge is -2.10. The lowest BCUT2D eigenvalue weighted by atomic mass is 10.1. The molecule has 1 aliphatic rings. The van der Waals surface area contributed by atoms with Crippen LogP contribution in [0.25, 0.3) is 0 Å². The van der Waals surface area contributed by atoms with Crippen molar-refractivity contribution in [1.29, 1.82) is 0 Å². The smallest absolute Gasteiger partial charge is 0.238 e. The van der Waals surface area contributed by atoms with Crippen molar-refractivity contribution < 1.29 is 9.53 Å². The molecule has 2 aromatic rings. The highest BCUT2D eigenvalue weighted by molar-refractivity contribution is 8.01. The molecule has 22 heavy (non-hydrogen) atoms. The van der Waals surface area contributed by atoms with Crippen LogP contribution < -0.4 is 10.1 Å². The van der Waals surface area contributed by atoms with E-state index in [0.717, 1.165) is 17.9 Å². The van der Waals surface area contributed by atoms with E-state index in [4.69, 9.17) is 4.74 Å². The van der Waals surface area contributed by atoms with Gasteiger partial charge in [-0.15, -0.1) is 11.8 Å². The molecule has 0 saturated carbocycles. The number of benzene rings is 2. The second kappa shape index (κ2) is 6.44. The molecule has 114 valence electrons. The summed E-state index contributed by atoms with van der Waals surface area (Å²) < 4.78 is 5.40. The Kier molecular flexibility index (Phi) is 4.39. The van der Waals surface area contributed by atoms with Gasteiger partial charge >= 0.3 is 0 Å². The van der Waals surface area contributed by atoms with Crippen LogP contribution in [0.4, 0.5) is 5.69 Å². The zero-order chi connectivity index (χ0) is 15.5. The van der Waals surface area contributed by atoms with Crippen LogP contribution in [-0.2, 0) is 11.2 Å². The molecular weight excluding hydrogens is 294 g/mol. The van der Waals surface area contributed by atoms with Crippen LogP contribution in [0.2, 0.25) is 0 Å². The maximum absolute atomic E-state index is 12.4. The summed E-state index contributed by atoms with van der Waals surface area (Å²) in [5, 5.41) is 2.93. The van der Waals surface area contributed by atoms with E-state index in [1.54, 1.807) is 11.8 Å². The molecule has 3 nitrogen and oxygen atoms in total. The van der Waals surface area contributed by atoms with Gasteiger partial charge in [0, 0.05) is 10.6 Å². The highest BCUT2D eigenvalue weighted by Gasteiger charge is 2.28. The maximum atomic E-state index is 12.4. The zero-order valence-corrected chi connectivity index (χ0v) is 13.6. The molecule has 1 amide bonds. The number of anilines is 1. The predicted molar refractivity (Wildman–Crippen MR) is 90.8 cm³/mol. The van der Waals surface area contributed by atoms with Gasteiger partial charge in [-0.1, -0.05) is 17.7 Å². The van der Waals surface area contributed by atoms with E-state index >= 15 is 0 Å². The van der Waals surface area contributed by atoms with Gasteiger partial charge in [0.05, 0.1) is 11.9 Å². The fraction of sp³-hybridized carbons (Fsp3) is 0.278. The van der Waals surface area contributed by atoms with Crippen LogP contribution in [0, 0.1) is 6.92 Å². The number of aryl methyl sites for hydroxylation is 1. The first-order valence-electron chi connectivity index (χ1n) is 7.45. The average Bonchev–Trinajstić information content (AvgIpc) is 2.92. The Morgan fingerprint density at radius 2 is 2.05 bits per heavy atom. The van der Waals surface area contributed by atoms with Gasteiger partial charge in [-0.3, -0.25) is 4.79 Å². The van der Waals surface area contributed by atoms with Gasteiger partial charge < -0.3 is 10.1 Å². The SMILES string of the molecule is CCOc1ccc(NC(=O)[C@@H]2Cc3ccc(C)cc3S2)cc1. The van der Waals surface area contributed by atoms with Crippen LogP contribution in [0.3, 0.4) is 0 Å². The molecule has 0 saturated heterocycles. The average molecular weight is 313 g/mol. The van der Waals surface area contributed by atoms with E-state index < -0.39 is 0 Å². The lowest BCUT2D eigenvalue weighted by Crippen LogP contribution is -2.24. The molecule has 2 aromatic carbocycles. The molecular formula is C18H19NO2S. The van der Waals surface area contributed by atoms with Crippen LogP contribution >= 0.6 is 11.8 Å². The van der Waals surface area contributed by atoms with E-state index in [1.165, 1.54) is 16.0 Å². The third kappa shape index (κ3) is 3.28. The molecule has 0 aliphatic carbocycles. The lowest BCUT2D eigenvalue weighted by molar-refractivity contribution is -0.115. The second-order valence-corrected chi connectivity index (χ2v) is 6.61. The first-order chi connectivity index (χ1) is 10.7. The van der Waals surface area contributed by atoms with Crippen molar-refractivity contribution in [2.24, 2.45) is 0 Å². The minimum Gasteiger partial charge on any atom is -0.494 e. The monoisotopic (exact) mass is 313 g/mol. The number of hydrogen-bond acceptors (Lipinski definition) is 3. The van der Waals surface area contributed by atoms with Gasteiger partial charge in [0.15, 0.2) is 0 Å². The molecule has 0 radical (unpaired) electrons. The van der Waals surface area contributed by atoms with Crippen molar-refractivity contribution >= 4 is 23.4 Å². The predicted octanol–water partition coefficient (Wildman–Crippen LogP) is 4.05. The largest absolute Gasteiger partial charge is 0.494 e. The van der Waals surface area contributed by atoms with Crippen molar-refractivity contribution in [3.05, 3.63) is 53.6 Å². The molecule has 4 heteroatoms. The topological polar surface area (TPSA) is 38.3 Å². The van der Waals surface area contributed by atoms with Crippen LogP contribution in [0.15, 0.2) is 47.4 Å². The summed E-state index contributed by atoms with van der Waals surface area (Å²) in [6, 6.07) is 13.9. The molecule has 1 aliphatic heterocycles. The maximum Gasteiger partial charge on any atom is 0.238 e. The number of amides is 1. The summed E-state index contributed by atoms with van der Waals surface area (Å²) in [5.74, 6) is 0.877. The van der Waals surface area contributed by atoms with E-state index in [-0.39, 0.29) is 11.2 Å². The summed E-state index contributed by atoms with van der Waals surface area (Å²) in [4.78, 5) is 13.6. The fourth-order valence-corrected chi connectivity index (χ4v) is 3.80. The Bertz CT molecular complexity index is 682. The highest BCUT2D eigenvalue weighted by Crippen LogP contribution is 2.38. The molecule has 1 heterocycles. The van der Waals surface area contributed by atoms with Crippen molar-refractivity contribution in [2.75, 3.05) is 11.9 Å². The normalized spacial score (nSPS) is 16.2. The molecule has 0 unspecified atom stereocenters. The van der Waals surface area contributed by atoms with Gasteiger partial charge in [0.25, 0.3) is 0 Å². The third-order valence-electron chi connectivity index (χ3n) is 3.62. The number of ether oxygens (including phenoxy) is 1. The number of thioether (sulfide) groups is 1. The van der Waals surface area contributed by atoms with E-state index in [0.29, 0.717) is 6.61 Å². The number of carbonyl (C=O) groups is 1. The standard InChI is InChI=1S/C18H19NO2S/c1-3-21-15-8-6-14(7-9-15)19-18(20)17-11-13-5-4-12(2)10-16(13)22-17/h4-10,17H,3,11H2,1-2H3,(H,19,20)/t17-/m0/s1. The Labute approximate surface area is 135 Å². The van der Waals surface area contributed by atoms with Crippen molar-refractivity contribution in [3.63, 3.8) is 0 Å². The fourth-order valence-electron chi connectivity index (χ4n) is 2.50. The molecule has 3 rings (SSSR count). The van der Waals surface area contributed by atoms with Crippen LogP contribution in [-0.4, -0.2) is 17.8 Å². The van der Waals surface area contributed by atoms with Gasteiger partial charge in [0.2, 0.25) is 5.91 Å². The van der Waals surface area contributed by atoms with E-state index in [1.807, 2.05) is 31.2 Å². The van der Waals surface area contributed by atoms with Gasteiger partial charge in [-0.05, 0) is 56.2 Å². The minimum atomic E-state index is -0.0524. The third-order valence-corrected chi connectivity index (χ3v) is 4.92. The van der Waals surface area contributed by atoms with Gasteiger partial charge in [-0.2, -0.15) is 0 Å². The second-order valence-electron chi connectivity index (χ2n) is 5.37. The first-order valence-corrected chi connectivity index (χ1v) is 8.33. The number of nitrogens with one attached hydrogen (secondary N) is 1. The van der Waals surface area contributed by atoms with E-state index in [9.17, 15) is 4.79 Å². The van der Waals surface area contributed by atoms with Gasteiger partial charge in [0.1, 0.15) is 5.75 Å². The number of rotatable bonds is 4. The quantitative estimate of drug-likeness (QED) is 0.925. The summed E-state index contributed by atoms with van der Waals surface area (Å²) in [5.41, 5.74) is 3.31. The molecule has 1 N–H and O–H groups in total. The molecule has 0 aromatic heterocycles. The first kappa shape index (κ1) is 15.0. The summed E-state index contributed by atoms with van der Waals surface area (Å²) >= 11 is 1.65. The molecule has 1 atom stereocenters. The van der Waals surface area contributed by atoms with E-state index in [2.05, 4.69) is 30.4 Å². The highest BCUT2D eigenvalue weighted by atomic mass is 32.2. The Morgan fingerprint density at radius 3 is 2.77 bits per heavy atom. The molecule has 0 spiro atoms.